The Hall–Kier alpha value is -2.32. The lowest BCUT2D eigenvalue weighted by Crippen LogP contribution is -2.49. The summed E-state index contributed by atoms with van der Waals surface area (Å²) in [6.07, 6.45) is -2.41. The van der Waals surface area contributed by atoms with E-state index in [1.807, 2.05) is 60.7 Å². The maximum absolute atomic E-state index is 12.9. The van der Waals surface area contributed by atoms with Gasteiger partial charge in [0.2, 0.25) is 0 Å². The van der Waals surface area contributed by atoms with Crippen molar-refractivity contribution in [3.8, 4) is 0 Å². The highest BCUT2D eigenvalue weighted by Gasteiger charge is 2.41. The van der Waals surface area contributed by atoms with Crippen LogP contribution in [0.1, 0.15) is 52.7 Å². The molecule has 0 amide bonds. The Balaban J connectivity index is 2.64. The summed E-state index contributed by atoms with van der Waals surface area (Å²) in [7, 11) is -2.20. The average Bonchev–Trinajstić information content (AvgIpc) is 2.82. The third kappa shape index (κ3) is 8.10. The fourth-order valence-corrected chi connectivity index (χ4v) is 4.23. The van der Waals surface area contributed by atoms with Crippen molar-refractivity contribution in [3.05, 3.63) is 71.8 Å². The van der Waals surface area contributed by atoms with Crippen LogP contribution in [0.5, 0.6) is 0 Å². The van der Waals surface area contributed by atoms with Gasteiger partial charge < -0.3 is 19.4 Å². The predicted molar refractivity (Wildman–Crippen MR) is 148 cm³/mol. The first kappa shape index (κ1) is 29.9. The smallest absolute Gasteiger partial charge is 0.311 e. The van der Waals surface area contributed by atoms with Crippen molar-refractivity contribution >= 4 is 20.0 Å². The van der Waals surface area contributed by atoms with Gasteiger partial charge in [0, 0.05) is 11.1 Å². The molecule has 2 aromatic rings. The molecule has 2 N–H and O–H groups in total. The number of carbonyl (C=O) groups excluding carboxylic acids is 1. The number of aliphatic hydroxyl groups is 2. The van der Waals surface area contributed by atoms with Gasteiger partial charge in [0.05, 0.1) is 24.3 Å². The van der Waals surface area contributed by atoms with Gasteiger partial charge in [-0.15, -0.1) is 0 Å². The number of hydrogen-bond acceptors (Lipinski definition) is 6. The molecule has 0 unspecified atom stereocenters. The molecule has 0 fully saturated rings. The number of aliphatic hydroxyl groups excluding tert-OH is 2. The minimum atomic E-state index is -2.20. The molecule has 0 spiro atoms. The quantitative estimate of drug-likeness (QED) is 0.258. The summed E-state index contributed by atoms with van der Waals surface area (Å²) in [4.78, 5) is 18.0. The second kappa shape index (κ2) is 12.3. The highest BCUT2D eigenvalue weighted by atomic mass is 28.4. The molecule has 7 heteroatoms. The molecule has 0 saturated heterocycles. The monoisotopic (exact) mass is 513 g/mol. The fourth-order valence-electron chi connectivity index (χ4n) is 3.21. The molecular weight excluding hydrogens is 470 g/mol. The van der Waals surface area contributed by atoms with E-state index in [1.54, 1.807) is 20.8 Å². The summed E-state index contributed by atoms with van der Waals surface area (Å²) in [5.41, 5.74) is 1.69. The Labute approximate surface area is 217 Å². The Morgan fingerprint density at radius 1 is 0.917 bits per heavy atom. The van der Waals surface area contributed by atoms with Gasteiger partial charge in [-0.3, -0.25) is 9.79 Å². The van der Waals surface area contributed by atoms with Crippen molar-refractivity contribution in [2.75, 3.05) is 13.2 Å². The molecule has 0 bridgehead atoms. The molecule has 0 radical (unpaired) electrons. The Morgan fingerprint density at radius 3 is 1.78 bits per heavy atom. The zero-order valence-corrected chi connectivity index (χ0v) is 24.0. The fraction of sp³-hybridized carbons (Fsp3) is 0.517. The van der Waals surface area contributed by atoms with Crippen LogP contribution in [0, 0.1) is 5.41 Å². The molecule has 2 aromatic carbocycles. The molecule has 36 heavy (non-hydrogen) atoms. The van der Waals surface area contributed by atoms with Crippen LogP contribution in [-0.2, 0) is 14.0 Å². The number of esters is 1. The van der Waals surface area contributed by atoms with E-state index >= 15 is 0 Å². The average molecular weight is 514 g/mol. The van der Waals surface area contributed by atoms with Gasteiger partial charge in [0.15, 0.2) is 14.4 Å². The van der Waals surface area contributed by atoms with Crippen LogP contribution in [0.15, 0.2) is 65.7 Å². The summed E-state index contributed by atoms with van der Waals surface area (Å²) < 4.78 is 12.4. The Morgan fingerprint density at radius 2 is 1.39 bits per heavy atom. The number of benzene rings is 2. The van der Waals surface area contributed by atoms with Gasteiger partial charge in [-0.1, -0.05) is 81.4 Å². The summed E-state index contributed by atoms with van der Waals surface area (Å²) in [6.45, 7) is 15.6. The molecule has 0 saturated carbocycles. The molecule has 0 aliphatic carbocycles. The molecule has 3 atom stereocenters. The summed E-state index contributed by atoms with van der Waals surface area (Å²) >= 11 is 0. The van der Waals surface area contributed by atoms with Crippen molar-refractivity contribution in [2.45, 2.75) is 77.9 Å². The Kier molecular flexibility index (Phi) is 10.2. The van der Waals surface area contributed by atoms with E-state index in [4.69, 9.17) is 14.2 Å². The third-order valence-corrected chi connectivity index (χ3v) is 11.1. The summed E-state index contributed by atoms with van der Waals surface area (Å²) in [5.74, 6) is -0.478. The van der Waals surface area contributed by atoms with Gasteiger partial charge >= 0.3 is 5.97 Å². The largest absolute Gasteiger partial charge is 0.457 e. The van der Waals surface area contributed by atoms with Crippen molar-refractivity contribution < 1.29 is 24.2 Å². The molecule has 0 aromatic heterocycles. The first-order valence-electron chi connectivity index (χ1n) is 12.5. The third-order valence-electron chi connectivity index (χ3n) is 6.61. The number of carbonyl (C=O) groups is 1. The van der Waals surface area contributed by atoms with Crippen molar-refractivity contribution in [3.63, 3.8) is 0 Å². The number of aliphatic imine (C=N–C) groups is 1. The van der Waals surface area contributed by atoms with Crippen molar-refractivity contribution in [1.29, 1.82) is 0 Å². The minimum Gasteiger partial charge on any atom is -0.457 e. The topological polar surface area (TPSA) is 88.4 Å². The lowest BCUT2D eigenvalue weighted by Gasteiger charge is -2.38. The summed E-state index contributed by atoms with van der Waals surface area (Å²) in [6, 6.07) is 18.8. The molecule has 0 aliphatic rings. The van der Waals surface area contributed by atoms with E-state index in [0.717, 1.165) is 11.1 Å². The molecule has 198 valence electrons. The van der Waals surface area contributed by atoms with E-state index in [2.05, 4.69) is 33.9 Å². The molecule has 2 rings (SSSR count). The van der Waals surface area contributed by atoms with Gasteiger partial charge in [-0.25, -0.2) is 0 Å². The minimum absolute atomic E-state index is 0.0455. The lowest BCUT2D eigenvalue weighted by atomic mass is 9.96. The number of hydrogen-bond donors (Lipinski definition) is 2. The highest BCUT2D eigenvalue weighted by molar-refractivity contribution is 6.74. The molecule has 0 heterocycles. The van der Waals surface area contributed by atoms with Crippen LogP contribution >= 0.6 is 0 Å². The number of nitrogens with zero attached hydrogens (tertiary/aromatic N) is 1. The van der Waals surface area contributed by atoms with Crippen LogP contribution in [-0.4, -0.2) is 61.7 Å². The van der Waals surface area contributed by atoms with Gasteiger partial charge in [0.25, 0.3) is 0 Å². The predicted octanol–water partition coefficient (Wildman–Crippen LogP) is 5.23. The van der Waals surface area contributed by atoms with E-state index in [-0.39, 0.29) is 11.6 Å². The van der Waals surface area contributed by atoms with Crippen molar-refractivity contribution in [1.82, 2.24) is 0 Å². The van der Waals surface area contributed by atoms with E-state index in [1.165, 1.54) is 0 Å². The maximum atomic E-state index is 12.9. The van der Waals surface area contributed by atoms with Crippen LogP contribution in [0.4, 0.5) is 0 Å². The van der Waals surface area contributed by atoms with E-state index in [9.17, 15) is 15.0 Å². The van der Waals surface area contributed by atoms with E-state index in [0.29, 0.717) is 5.71 Å². The maximum Gasteiger partial charge on any atom is 0.311 e. The van der Waals surface area contributed by atoms with Crippen LogP contribution in [0.2, 0.25) is 18.1 Å². The number of rotatable bonds is 10. The SMILES string of the molecule is CC(C)(C)C(=O)O[C@@H]([C@H](O)CO)[C@@H](CO[Si](C)(C)C(C)(C)C)N=C(c1ccccc1)c1ccccc1. The number of ether oxygens (including phenoxy) is 1. The van der Waals surface area contributed by atoms with Crippen LogP contribution in [0.25, 0.3) is 0 Å². The standard InChI is InChI=1S/C29H43NO5Si/c1-28(2,3)27(33)35-26(24(32)19-31)23(20-34-36(7,8)29(4,5)6)30-25(21-15-11-9-12-16-21)22-17-13-10-14-18-22/h9-18,23-24,26,31-32H,19-20H2,1-8H3/t23-,24-,26-/m1/s1. The zero-order valence-electron chi connectivity index (χ0n) is 23.0. The first-order chi connectivity index (χ1) is 16.7. The zero-order chi connectivity index (χ0) is 27.1. The van der Waals surface area contributed by atoms with Crippen LogP contribution in [0.3, 0.4) is 0 Å². The lowest BCUT2D eigenvalue weighted by molar-refractivity contribution is -0.168. The van der Waals surface area contributed by atoms with Crippen LogP contribution < -0.4 is 0 Å². The Bertz CT molecular complexity index is 952. The highest BCUT2D eigenvalue weighted by Crippen LogP contribution is 2.37. The van der Waals surface area contributed by atoms with Crippen molar-refractivity contribution in [2.24, 2.45) is 10.4 Å². The second-order valence-corrected chi connectivity index (χ2v) is 16.5. The molecule has 6 nitrogen and oxygen atoms in total. The summed E-state index contributed by atoms with van der Waals surface area (Å²) in [5, 5.41) is 20.6. The van der Waals surface area contributed by atoms with Gasteiger partial charge in [-0.2, -0.15) is 0 Å². The molecule has 0 aliphatic heterocycles. The van der Waals surface area contributed by atoms with Gasteiger partial charge in [-0.05, 0) is 38.9 Å². The van der Waals surface area contributed by atoms with Gasteiger partial charge in [0.1, 0.15) is 12.1 Å². The normalized spacial score (nSPS) is 15.1. The second-order valence-electron chi connectivity index (χ2n) is 11.7. The first-order valence-corrected chi connectivity index (χ1v) is 15.4. The van der Waals surface area contributed by atoms with E-state index < -0.39 is 44.6 Å². The molecular formula is C29H43NO5Si.